The fourth-order valence-corrected chi connectivity index (χ4v) is 10.7. The highest BCUT2D eigenvalue weighted by atomic mass is 32.1. The summed E-state index contributed by atoms with van der Waals surface area (Å²) in [4.78, 5) is 4.89. The van der Waals surface area contributed by atoms with Gasteiger partial charge < -0.3 is 9.80 Å². The summed E-state index contributed by atoms with van der Waals surface area (Å²) in [5.74, 6) is 0. The molecular weight excluding hydrogens is 697 g/mol. The van der Waals surface area contributed by atoms with Crippen molar-refractivity contribution in [2.75, 3.05) is 9.80 Å². The van der Waals surface area contributed by atoms with Crippen molar-refractivity contribution in [2.24, 2.45) is 0 Å². The molecule has 0 N–H and O–H groups in total. The van der Waals surface area contributed by atoms with E-state index in [1.165, 1.54) is 82.0 Å². The Balaban J connectivity index is 1.06. The molecule has 8 aromatic carbocycles. The Hall–Kier alpha value is -6.42. The molecule has 1 heterocycles. The Labute approximate surface area is 332 Å². The van der Waals surface area contributed by atoms with E-state index in [0.29, 0.717) is 0 Å². The first kappa shape index (κ1) is 33.0. The van der Waals surface area contributed by atoms with E-state index >= 15 is 0 Å². The fraction of sp³-hybridized carbons (Fsp3) is 0.0943. The number of rotatable bonds is 7. The smallest absolute Gasteiger partial charge is 0.0476 e. The number of para-hydroxylation sites is 2. The number of aryl methyl sites for hydroxylation is 2. The van der Waals surface area contributed by atoms with Crippen molar-refractivity contribution in [2.45, 2.75) is 31.1 Å². The summed E-state index contributed by atoms with van der Waals surface area (Å²) >= 11 is 1.88. The van der Waals surface area contributed by atoms with Crippen LogP contribution in [0.15, 0.2) is 194 Å². The highest BCUT2D eigenvalue weighted by Gasteiger charge is 2.45. The van der Waals surface area contributed by atoms with Gasteiger partial charge in [0.25, 0.3) is 0 Å². The van der Waals surface area contributed by atoms with E-state index in [0.717, 1.165) is 31.4 Å². The zero-order valence-corrected chi connectivity index (χ0v) is 31.9. The monoisotopic (exact) mass is 736 g/mol. The van der Waals surface area contributed by atoms with Gasteiger partial charge in [-0.1, -0.05) is 115 Å². The first-order valence-corrected chi connectivity index (χ1v) is 20.6. The van der Waals surface area contributed by atoms with Crippen molar-refractivity contribution >= 4 is 65.6 Å². The largest absolute Gasteiger partial charge is 0.310 e. The van der Waals surface area contributed by atoms with Gasteiger partial charge >= 0.3 is 0 Å². The third-order valence-corrected chi connectivity index (χ3v) is 13.4. The number of anilines is 6. The second-order valence-corrected chi connectivity index (χ2v) is 16.4. The molecule has 1 spiro atoms. The maximum absolute atomic E-state index is 2.54. The number of hydrogen-bond acceptors (Lipinski definition) is 3. The molecular formula is C53H40N2S. The van der Waals surface area contributed by atoms with E-state index < -0.39 is 0 Å². The van der Waals surface area contributed by atoms with Crippen molar-refractivity contribution in [1.29, 1.82) is 0 Å². The van der Waals surface area contributed by atoms with Gasteiger partial charge in [-0.3, -0.25) is 0 Å². The molecule has 0 saturated carbocycles. The first-order valence-electron chi connectivity index (χ1n) is 19.8. The molecule has 56 heavy (non-hydrogen) atoms. The van der Waals surface area contributed by atoms with Crippen molar-refractivity contribution in [3.05, 3.63) is 216 Å². The molecule has 0 radical (unpaired) electrons. The third kappa shape index (κ3) is 5.45. The molecule has 0 unspecified atom stereocenters. The van der Waals surface area contributed by atoms with Crippen molar-refractivity contribution < 1.29 is 0 Å². The van der Waals surface area contributed by atoms with Gasteiger partial charge in [0, 0.05) is 59.7 Å². The van der Waals surface area contributed by atoms with Gasteiger partial charge in [-0.25, -0.2) is 0 Å². The molecule has 3 heteroatoms. The van der Waals surface area contributed by atoms with Crippen LogP contribution in [0.4, 0.5) is 34.1 Å². The van der Waals surface area contributed by atoms with Gasteiger partial charge in [0.15, 0.2) is 0 Å². The Morgan fingerprint density at radius 3 is 1.50 bits per heavy atom. The molecule has 2 aliphatic rings. The topological polar surface area (TPSA) is 6.48 Å². The number of nitrogens with zero attached hydrogens (tertiary/aromatic N) is 2. The molecule has 268 valence electrons. The Bertz CT molecular complexity index is 2840. The second kappa shape index (κ2) is 13.4. The van der Waals surface area contributed by atoms with Gasteiger partial charge in [-0.05, 0) is 138 Å². The molecule has 0 saturated heterocycles. The van der Waals surface area contributed by atoms with Gasteiger partial charge in [0.1, 0.15) is 0 Å². The lowest BCUT2D eigenvalue weighted by atomic mass is 9.76. The van der Waals surface area contributed by atoms with E-state index in [9.17, 15) is 0 Å². The summed E-state index contributed by atoms with van der Waals surface area (Å²) in [6.07, 6.45) is 4.46. The minimum atomic E-state index is -0.0251. The van der Waals surface area contributed by atoms with Crippen LogP contribution in [-0.4, -0.2) is 0 Å². The molecule has 2 nitrogen and oxygen atoms in total. The molecule has 9 aromatic rings. The number of fused-ring (bicyclic) bond motifs is 7. The lowest BCUT2D eigenvalue weighted by Crippen LogP contribution is -2.22. The van der Waals surface area contributed by atoms with Crippen LogP contribution in [0, 0.1) is 0 Å². The van der Waals surface area contributed by atoms with E-state index in [4.69, 9.17) is 0 Å². The lowest BCUT2D eigenvalue weighted by Gasteiger charge is -2.31. The molecule has 0 fully saturated rings. The Morgan fingerprint density at radius 1 is 0.357 bits per heavy atom. The standard InChI is InChI=1S/C53H40N2S/c1-4-13-37(14-5-1)40-15-12-20-43(33-40)55(46-27-28-48-47-21-10-11-22-51(47)56-52(48)36-46)45-26-24-39-30-32-53(50(39)35-45)31-29-38-23-25-44(34-49(38)53)54(41-16-6-2-7-17-41)42-18-8-3-9-19-42/h1-28,33-36H,29-32H2/t53-/m1/s1. The molecule has 1 atom stereocenters. The Kier molecular flexibility index (Phi) is 7.89. The van der Waals surface area contributed by atoms with Crippen LogP contribution in [0.2, 0.25) is 0 Å². The van der Waals surface area contributed by atoms with Crippen LogP contribution in [-0.2, 0) is 18.3 Å². The molecule has 1 aromatic heterocycles. The van der Waals surface area contributed by atoms with E-state index in [1.54, 1.807) is 0 Å². The van der Waals surface area contributed by atoms with Crippen molar-refractivity contribution in [3.63, 3.8) is 0 Å². The predicted octanol–water partition coefficient (Wildman–Crippen LogP) is 14.8. The van der Waals surface area contributed by atoms with Crippen LogP contribution in [0.25, 0.3) is 31.3 Å². The molecule has 0 amide bonds. The average Bonchev–Trinajstić information content (AvgIpc) is 3.95. The van der Waals surface area contributed by atoms with E-state index in [-0.39, 0.29) is 5.41 Å². The summed E-state index contributed by atoms with van der Waals surface area (Å²) in [7, 11) is 0. The SMILES string of the molecule is c1ccc(-c2cccc(N(c3ccc4c(c3)[C@]3(CCc5ccc(N(c6ccccc6)c6ccccc6)cc53)CC4)c3ccc4c(c3)sc3ccccc34)c2)cc1. The normalized spacial score (nSPS) is 15.6. The summed E-state index contributed by atoms with van der Waals surface area (Å²) in [6, 6.07) is 71.8. The average molecular weight is 737 g/mol. The molecule has 11 rings (SSSR count). The van der Waals surface area contributed by atoms with Gasteiger partial charge in [0.2, 0.25) is 0 Å². The highest BCUT2D eigenvalue weighted by molar-refractivity contribution is 7.25. The number of benzene rings is 8. The molecule has 0 aliphatic heterocycles. The van der Waals surface area contributed by atoms with Gasteiger partial charge in [-0.2, -0.15) is 0 Å². The highest BCUT2D eigenvalue weighted by Crippen LogP contribution is 2.55. The minimum Gasteiger partial charge on any atom is -0.310 e. The Morgan fingerprint density at radius 2 is 0.839 bits per heavy atom. The number of thiophene rings is 1. The first-order chi connectivity index (χ1) is 27.7. The molecule has 0 bridgehead atoms. The predicted molar refractivity (Wildman–Crippen MR) is 238 cm³/mol. The van der Waals surface area contributed by atoms with Crippen molar-refractivity contribution in [1.82, 2.24) is 0 Å². The van der Waals surface area contributed by atoms with Gasteiger partial charge in [0.05, 0.1) is 0 Å². The summed E-state index contributed by atoms with van der Waals surface area (Å²) in [5, 5.41) is 2.65. The van der Waals surface area contributed by atoms with Crippen LogP contribution in [0.1, 0.15) is 35.1 Å². The van der Waals surface area contributed by atoms with Crippen LogP contribution in [0.3, 0.4) is 0 Å². The minimum absolute atomic E-state index is 0.0251. The van der Waals surface area contributed by atoms with E-state index in [1.807, 2.05) is 11.3 Å². The van der Waals surface area contributed by atoms with Crippen molar-refractivity contribution in [3.8, 4) is 11.1 Å². The van der Waals surface area contributed by atoms with Crippen LogP contribution in [0.5, 0.6) is 0 Å². The molecule has 2 aliphatic carbocycles. The van der Waals surface area contributed by atoms with Gasteiger partial charge in [-0.15, -0.1) is 11.3 Å². The summed E-state index contributed by atoms with van der Waals surface area (Å²) < 4.78 is 2.64. The fourth-order valence-electron chi connectivity index (χ4n) is 9.60. The van der Waals surface area contributed by atoms with Crippen LogP contribution < -0.4 is 9.80 Å². The lowest BCUT2D eigenvalue weighted by molar-refractivity contribution is 0.507. The second-order valence-electron chi connectivity index (χ2n) is 15.3. The zero-order valence-electron chi connectivity index (χ0n) is 31.1. The summed E-state index contributed by atoms with van der Waals surface area (Å²) in [5.41, 5.74) is 15.5. The summed E-state index contributed by atoms with van der Waals surface area (Å²) in [6.45, 7) is 0. The zero-order chi connectivity index (χ0) is 37.1. The quantitative estimate of drug-likeness (QED) is 0.161. The third-order valence-electron chi connectivity index (χ3n) is 12.2. The maximum Gasteiger partial charge on any atom is 0.0476 e. The van der Waals surface area contributed by atoms with Crippen LogP contribution >= 0.6 is 11.3 Å². The van der Waals surface area contributed by atoms with E-state index in [2.05, 4.69) is 204 Å². The number of hydrogen-bond donors (Lipinski definition) is 0. The maximum atomic E-state index is 2.54.